The summed E-state index contributed by atoms with van der Waals surface area (Å²) in [5.41, 5.74) is 2.81. The molecule has 0 heterocycles. The van der Waals surface area contributed by atoms with Crippen molar-refractivity contribution in [3.8, 4) is 5.75 Å². The van der Waals surface area contributed by atoms with Crippen LogP contribution >= 0.6 is 12.6 Å². The van der Waals surface area contributed by atoms with Gasteiger partial charge < -0.3 is 4.74 Å². The fourth-order valence-corrected chi connectivity index (χ4v) is 2.04. The van der Waals surface area contributed by atoms with Gasteiger partial charge in [0.1, 0.15) is 5.75 Å². The second-order valence-corrected chi connectivity index (χ2v) is 5.79. The SMILES string of the molecule is CCOc1ccc(CCCS)cc1C(C)(C)C. The molecule has 0 bridgehead atoms. The van der Waals surface area contributed by atoms with Crippen LogP contribution in [-0.4, -0.2) is 12.4 Å². The minimum atomic E-state index is 0.126. The zero-order chi connectivity index (χ0) is 12.9. The van der Waals surface area contributed by atoms with Gasteiger partial charge in [0.25, 0.3) is 0 Å². The summed E-state index contributed by atoms with van der Waals surface area (Å²) in [5.74, 6) is 1.97. The summed E-state index contributed by atoms with van der Waals surface area (Å²) in [7, 11) is 0. The second-order valence-electron chi connectivity index (χ2n) is 5.34. The molecule has 1 nitrogen and oxygen atoms in total. The van der Waals surface area contributed by atoms with E-state index < -0.39 is 0 Å². The lowest BCUT2D eigenvalue weighted by atomic mass is 9.85. The van der Waals surface area contributed by atoms with E-state index >= 15 is 0 Å². The summed E-state index contributed by atoms with van der Waals surface area (Å²) in [6.07, 6.45) is 2.22. The number of hydrogen-bond donors (Lipinski definition) is 1. The Kier molecular flexibility index (Phi) is 5.38. The Morgan fingerprint density at radius 3 is 2.47 bits per heavy atom. The molecule has 0 radical (unpaired) electrons. The number of benzene rings is 1. The highest BCUT2D eigenvalue weighted by molar-refractivity contribution is 7.80. The van der Waals surface area contributed by atoms with Crippen LogP contribution < -0.4 is 4.74 Å². The second kappa shape index (κ2) is 6.34. The summed E-state index contributed by atoms with van der Waals surface area (Å²) in [6, 6.07) is 6.57. The molecule has 1 aromatic carbocycles. The lowest BCUT2D eigenvalue weighted by Crippen LogP contribution is -2.14. The van der Waals surface area contributed by atoms with Crippen LogP contribution in [0.25, 0.3) is 0 Å². The van der Waals surface area contributed by atoms with Crippen LogP contribution in [-0.2, 0) is 11.8 Å². The average Bonchev–Trinajstić information content (AvgIpc) is 2.26. The number of aryl methyl sites for hydroxylation is 1. The largest absolute Gasteiger partial charge is 0.494 e. The zero-order valence-corrected chi connectivity index (χ0v) is 12.3. The third-order valence-corrected chi connectivity index (χ3v) is 3.09. The molecular formula is C15H24OS. The molecule has 0 aromatic heterocycles. The van der Waals surface area contributed by atoms with Crippen LogP contribution in [0.1, 0.15) is 45.2 Å². The topological polar surface area (TPSA) is 9.23 Å². The van der Waals surface area contributed by atoms with Gasteiger partial charge in [-0.2, -0.15) is 12.6 Å². The van der Waals surface area contributed by atoms with Crippen molar-refractivity contribution in [3.63, 3.8) is 0 Å². The quantitative estimate of drug-likeness (QED) is 0.771. The van der Waals surface area contributed by atoms with Crippen molar-refractivity contribution in [2.24, 2.45) is 0 Å². The molecule has 0 spiro atoms. The molecule has 0 N–H and O–H groups in total. The predicted octanol–water partition coefficient (Wildman–Crippen LogP) is 4.25. The van der Waals surface area contributed by atoms with E-state index in [0.29, 0.717) is 0 Å². The summed E-state index contributed by atoms with van der Waals surface area (Å²) in [6.45, 7) is 9.44. The maximum Gasteiger partial charge on any atom is 0.123 e. The first-order valence-electron chi connectivity index (χ1n) is 6.36. The number of thiol groups is 1. The molecule has 0 amide bonds. The minimum Gasteiger partial charge on any atom is -0.494 e. The van der Waals surface area contributed by atoms with Crippen molar-refractivity contribution < 1.29 is 4.74 Å². The fourth-order valence-electron chi connectivity index (χ4n) is 1.88. The van der Waals surface area contributed by atoms with Crippen LogP contribution in [0.5, 0.6) is 5.75 Å². The number of rotatable bonds is 5. The Labute approximate surface area is 111 Å². The van der Waals surface area contributed by atoms with E-state index in [1.54, 1.807) is 0 Å². The Morgan fingerprint density at radius 2 is 1.94 bits per heavy atom. The maximum absolute atomic E-state index is 5.71. The van der Waals surface area contributed by atoms with Crippen LogP contribution in [0.15, 0.2) is 18.2 Å². The molecule has 0 aliphatic rings. The van der Waals surface area contributed by atoms with E-state index in [1.165, 1.54) is 11.1 Å². The number of hydrogen-bond acceptors (Lipinski definition) is 2. The molecule has 96 valence electrons. The van der Waals surface area contributed by atoms with E-state index in [4.69, 9.17) is 4.74 Å². The normalized spacial score (nSPS) is 11.6. The van der Waals surface area contributed by atoms with Gasteiger partial charge in [-0.1, -0.05) is 32.9 Å². The van der Waals surface area contributed by atoms with Crippen molar-refractivity contribution >= 4 is 12.6 Å². The van der Waals surface area contributed by atoms with Gasteiger partial charge in [-0.3, -0.25) is 0 Å². The third kappa shape index (κ3) is 4.27. The van der Waals surface area contributed by atoms with Gasteiger partial charge in [0, 0.05) is 0 Å². The van der Waals surface area contributed by atoms with Gasteiger partial charge in [0.15, 0.2) is 0 Å². The third-order valence-electron chi connectivity index (χ3n) is 2.78. The van der Waals surface area contributed by atoms with Gasteiger partial charge in [-0.05, 0) is 48.1 Å². The van der Waals surface area contributed by atoms with Gasteiger partial charge in [-0.15, -0.1) is 0 Å². The highest BCUT2D eigenvalue weighted by Gasteiger charge is 2.19. The van der Waals surface area contributed by atoms with E-state index in [-0.39, 0.29) is 5.41 Å². The first-order chi connectivity index (χ1) is 7.99. The van der Waals surface area contributed by atoms with E-state index in [1.807, 2.05) is 6.92 Å². The standard InChI is InChI=1S/C15H24OS/c1-5-16-14-9-8-12(7-6-10-17)11-13(14)15(2,3)4/h8-9,11,17H,5-7,10H2,1-4H3. The van der Waals surface area contributed by atoms with Gasteiger partial charge in [-0.25, -0.2) is 0 Å². The van der Waals surface area contributed by atoms with Crippen molar-refractivity contribution in [2.75, 3.05) is 12.4 Å². The Balaban J connectivity index is 3.01. The van der Waals surface area contributed by atoms with Gasteiger partial charge in [0.05, 0.1) is 6.61 Å². The highest BCUT2D eigenvalue weighted by Crippen LogP contribution is 2.32. The molecule has 1 rings (SSSR count). The van der Waals surface area contributed by atoms with Crippen molar-refractivity contribution in [1.82, 2.24) is 0 Å². The van der Waals surface area contributed by atoms with Crippen molar-refractivity contribution in [1.29, 1.82) is 0 Å². The molecule has 0 saturated carbocycles. The Hall–Kier alpha value is -0.630. The fraction of sp³-hybridized carbons (Fsp3) is 0.600. The molecule has 2 heteroatoms. The van der Waals surface area contributed by atoms with E-state index in [9.17, 15) is 0 Å². The number of ether oxygens (including phenoxy) is 1. The average molecular weight is 252 g/mol. The Bertz CT molecular complexity index is 352. The first kappa shape index (κ1) is 14.4. The summed E-state index contributed by atoms with van der Waals surface area (Å²) >= 11 is 4.26. The molecular weight excluding hydrogens is 228 g/mol. The first-order valence-corrected chi connectivity index (χ1v) is 6.99. The molecule has 0 aliphatic heterocycles. The van der Waals surface area contributed by atoms with Crippen LogP contribution in [0.4, 0.5) is 0 Å². The summed E-state index contributed by atoms with van der Waals surface area (Å²) in [4.78, 5) is 0. The van der Waals surface area contributed by atoms with E-state index in [2.05, 4.69) is 51.6 Å². The molecule has 0 fully saturated rings. The highest BCUT2D eigenvalue weighted by atomic mass is 32.1. The minimum absolute atomic E-state index is 0.126. The van der Waals surface area contributed by atoms with Crippen molar-refractivity contribution in [2.45, 2.75) is 46.0 Å². The van der Waals surface area contributed by atoms with Crippen LogP contribution in [0.3, 0.4) is 0 Å². The van der Waals surface area contributed by atoms with Crippen LogP contribution in [0.2, 0.25) is 0 Å². The lowest BCUT2D eigenvalue weighted by molar-refractivity contribution is 0.329. The molecule has 0 aliphatic carbocycles. The smallest absolute Gasteiger partial charge is 0.123 e. The van der Waals surface area contributed by atoms with Crippen molar-refractivity contribution in [3.05, 3.63) is 29.3 Å². The van der Waals surface area contributed by atoms with Gasteiger partial charge in [0.2, 0.25) is 0 Å². The van der Waals surface area contributed by atoms with Gasteiger partial charge >= 0.3 is 0 Å². The molecule has 1 aromatic rings. The molecule has 17 heavy (non-hydrogen) atoms. The lowest BCUT2D eigenvalue weighted by Gasteiger charge is -2.23. The summed E-state index contributed by atoms with van der Waals surface area (Å²) in [5, 5.41) is 0. The summed E-state index contributed by atoms with van der Waals surface area (Å²) < 4.78 is 5.71. The van der Waals surface area contributed by atoms with E-state index in [0.717, 1.165) is 31.0 Å². The monoisotopic (exact) mass is 252 g/mol. The molecule has 0 saturated heterocycles. The predicted molar refractivity (Wildman–Crippen MR) is 78.5 cm³/mol. The zero-order valence-electron chi connectivity index (χ0n) is 11.4. The maximum atomic E-state index is 5.71. The Morgan fingerprint density at radius 1 is 1.24 bits per heavy atom. The molecule has 0 unspecified atom stereocenters. The van der Waals surface area contributed by atoms with Crippen LogP contribution in [0, 0.1) is 0 Å². The molecule has 0 atom stereocenters.